The first-order valence-corrected chi connectivity index (χ1v) is 7.08. The Kier molecular flexibility index (Phi) is 5.49. The SMILES string of the molecule is COc1ccc(C(=O)COC(=O)c2ccc(Cl)c([N+](=O)[O-])c2)cc1. The van der Waals surface area contributed by atoms with E-state index >= 15 is 0 Å². The molecular formula is C16H12ClNO6. The largest absolute Gasteiger partial charge is 0.497 e. The van der Waals surface area contributed by atoms with Crippen LogP contribution >= 0.6 is 11.6 Å². The van der Waals surface area contributed by atoms with Gasteiger partial charge in [-0.3, -0.25) is 14.9 Å². The van der Waals surface area contributed by atoms with Crippen molar-refractivity contribution in [1.82, 2.24) is 0 Å². The van der Waals surface area contributed by atoms with Gasteiger partial charge < -0.3 is 9.47 Å². The molecule has 7 nitrogen and oxygen atoms in total. The highest BCUT2D eigenvalue weighted by molar-refractivity contribution is 6.32. The van der Waals surface area contributed by atoms with E-state index in [9.17, 15) is 19.7 Å². The first-order valence-electron chi connectivity index (χ1n) is 6.70. The van der Waals surface area contributed by atoms with E-state index in [1.165, 1.54) is 19.2 Å². The number of nitrogens with zero attached hydrogens (tertiary/aromatic N) is 1. The summed E-state index contributed by atoms with van der Waals surface area (Å²) < 4.78 is 9.87. The molecule has 0 heterocycles. The van der Waals surface area contributed by atoms with Crippen molar-refractivity contribution in [3.63, 3.8) is 0 Å². The number of halogens is 1. The van der Waals surface area contributed by atoms with Crippen LogP contribution in [0.5, 0.6) is 5.75 Å². The van der Waals surface area contributed by atoms with Crippen LogP contribution in [-0.2, 0) is 4.74 Å². The van der Waals surface area contributed by atoms with Crippen LogP contribution in [0.25, 0.3) is 0 Å². The highest BCUT2D eigenvalue weighted by Crippen LogP contribution is 2.25. The maximum absolute atomic E-state index is 12.0. The van der Waals surface area contributed by atoms with Crippen molar-refractivity contribution in [3.05, 3.63) is 68.7 Å². The molecule has 0 radical (unpaired) electrons. The lowest BCUT2D eigenvalue weighted by Gasteiger charge is -2.06. The fourth-order valence-corrected chi connectivity index (χ4v) is 2.04. The molecule has 0 unspecified atom stereocenters. The Morgan fingerprint density at radius 1 is 1.12 bits per heavy atom. The summed E-state index contributed by atoms with van der Waals surface area (Å²) in [4.78, 5) is 34.0. The zero-order chi connectivity index (χ0) is 17.7. The van der Waals surface area contributed by atoms with Crippen LogP contribution in [0.3, 0.4) is 0 Å². The van der Waals surface area contributed by atoms with Crippen LogP contribution in [0.2, 0.25) is 5.02 Å². The van der Waals surface area contributed by atoms with Crippen molar-refractivity contribution < 1.29 is 24.0 Å². The normalized spacial score (nSPS) is 10.1. The smallest absolute Gasteiger partial charge is 0.338 e. The van der Waals surface area contributed by atoms with Crippen molar-refractivity contribution in [3.8, 4) is 5.75 Å². The minimum atomic E-state index is -0.850. The van der Waals surface area contributed by atoms with E-state index in [-0.39, 0.29) is 10.6 Å². The molecule has 0 N–H and O–H groups in total. The number of Topliss-reactive ketones (excluding diaryl/α,β-unsaturated/α-hetero) is 1. The molecule has 2 rings (SSSR count). The third-order valence-electron chi connectivity index (χ3n) is 3.12. The Bertz CT molecular complexity index is 788. The van der Waals surface area contributed by atoms with Gasteiger partial charge in [0, 0.05) is 11.6 Å². The van der Waals surface area contributed by atoms with Gasteiger partial charge in [0.15, 0.2) is 12.4 Å². The molecule has 0 spiro atoms. The zero-order valence-electron chi connectivity index (χ0n) is 12.5. The third kappa shape index (κ3) is 4.08. The molecule has 0 bridgehead atoms. The first-order chi connectivity index (χ1) is 11.4. The second-order valence-corrected chi connectivity index (χ2v) is 5.06. The molecule has 2 aromatic carbocycles. The van der Waals surface area contributed by atoms with Crippen LogP contribution in [0.1, 0.15) is 20.7 Å². The maximum Gasteiger partial charge on any atom is 0.338 e. The Hall–Kier alpha value is -2.93. The minimum absolute atomic E-state index is 0.0615. The average molecular weight is 350 g/mol. The summed E-state index contributed by atoms with van der Waals surface area (Å²) in [5.74, 6) is -0.664. The van der Waals surface area contributed by atoms with E-state index in [1.807, 2.05) is 0 Å². The van der Waals surface area contributed by atoms with E-state index in [0.717, 1.165) is 6.07 Å². The van der Waals surface area contributed by atoms with Gasteiger partial charge in [0.1, 0.15) is 10.8 Å². The Morgan fingerprint density at radius 2 is 1.75 bits per heavy atom. The number of hydrogen-bond acceptors (Lipinski definition) is 6. The van der Waals surface area contributed by atoms with E-state index in [4.69, 9.17) is 21.1 Å². The summed E-state index contributed by atoms with van der Waals surface area (Å²) in [6, 6.07) is 9.82. The number of nitro benzene ring substituents is 1. The van der Waals surface area contributed by atoms with Crippen LogP contribution in [0.15, 0.2) is 42.5 Å². The molecular weight excluding hydrogens is 338 g/mol. The summed E-state index contributed by atoms with van der Waals surface area (Å²) in [5.41, 5.74) is -0.119. The first kappa shape index (κ1) is 17.4. The molecule has 124 valence electrons. The molecule has 0 aromatic heterocycles. The lowest BCUT2D eigenvalue weighted by Crippen LogP contribution is -2.14. The average Bonchev–Trinajstić information content (AvgIpc) is 2.59. The molecule has 24 heavy (non-hydrogen) atoms. The lowest BCUT2D eigenvalue weighted by molar-refractivity contribution is -0.384. The van der Waals surface area contributed by atoms with Gasteiger partial charge >= 0.3 is 5.97 Å². The van der Waals surface area contributed by atoms with E-state index in [0.29, 0.717) is 11.3 Å². The maximum atomic E-state index is 12.0. The van der Waals surface area contributed by atoms with E-state index < -0.39 is 29.0 Å². The molecule has 0 saturated carbocycles. The van der Waals surface area contributed by atoms with Gasteiger partial charge in [-0.05, 0) is 36.4 Å². The lowest BCUT2D eigenvalue weighted by atomic mass is 10.1. The monoisotopic (exact) mass is 349 g/mol. The molecule has 0 fully saturated rings. The number of carbonyl (C=O) groups is 2. The van der Waals surface area contributed by atoms with Crippen molar-refractivity contribution in [2.45, 2.75) is 0 Å². The number of methoxy groups -OCH3 is 1. The minimum Gasteiger partial charge on any atom is -0.497 e. The highest BCUT2D eigenvalue weighted by Gasteiger charge is 2.18. The number of esters is 1. The van der Waals surface area contributed by atoms with Gasteiger partial charge in [0.25, 0.3) is 5.69 Å². The number of nitro groups is 1. The molecule has 2 aromatic rings. The van der Waals surface area contributed by atoms with Gasteiger partial charge in [0.2, 0.25) is 0 Å². The summed E-state index contributed by atoms with van der Waals surface area (Å²) >= 11 is 5.67. The molecule has 0 saturated heterocycles. The Labute approximate surface area is 141 Å². The predicted octanol–water partition coefficient (Wildman–Crippen LogP) is 3.30. The second kappa shape index (κ2) is 7.56. The van der Waals surface area contributed by atoms with Crippen molar-refractivity contribution in [1.29, 1.82) is 0 Å². The number of ether oxygens (including phenoxy) is 2. The van der Waals surface area contributed by atoms with Crippen LogP contribution < -0.4 is 4.74 Å². The van der Waals surface area contributed by atoms with Gasteiger partial charge in [0.05, 0.1) is 17.6 Å². The number of hydrogen-bond donors (Lipinski definition) is 0. The Morgan fingerprint density at radius 3 is 2.33 bits per heavy atom. The van der Waals surface area contributed by atoms with Crippen LogP contribution in [0.4, 0.5) is 5.69 Å². The van der Waals surface area contributed by atoms with Crippen LogP contribution in [-0.4, -0.2) is 30.4 Å². The van der Waals surface area contributed by atoms with Crippen LogP contribution in [0, 0.1) is 10.1 Å². The zero-order valence-corrected chi connectivity index (χ0v) is 13.3. The Balaban J connectivity index is 2.03. The van der Waals surface area contributed by atoms with Crippen molar-refractivity contribution in [2.75, 3.05) is 13.7 Å². The van der Waals surface area contributed by atoms with E-state index in [1.54, 1.807) is 24.3 Å². The summed E-state index contributed by atoms with van der Waals surface area (Å²) in [6.07, 6.45) is 0. The van der Waals surface area contributed by atoms with Gasteiger partial charge in [-0.15, -0.1) is 0 Å². The molecule has 0 aliphatic carbocycles. The summed E-state index contributed by atoms with van der Waals surface area (Å²) in [5, 5.41) is 10.7. The number of benzene rings is 2. The van der Waals surface area contributed by atoms with Crippen molar-refractivity contribution >= 4 is 29.0 Å². The van der Waals surface area contributed by atoms with E-state index in [2.05, 4.69) is 0 Å². The van der Waals surface area contributed by atoms with Gasteiger partial charge in [-0.2, -0.15) is 0 Å². The van der Waals surface area contributed by atoms with Gasteiger partial charge in [-0.25, -0.2) is 4.79 Å². The fourth-order valence-electron chi connectivity index (χ4n) is 1.85. The molecule has 0 aliphatic rings. The quantitative estimate of drug-likeness (QED) is 0.343. The fraction of sp³-hybridized carbons (Fsp3) is 0.125. The van der Waals surface area contributed by atoms with Crippen molar-refractivity contribution in [2.24, 2.45) is 0 Å². The molecule has 0 atom stereocenters. The number of carbonyl (C=O) groups excluding carboxylic acids is 2. The highest BCUT2D eigenvalue weighted by atomic mass is 35.5. The summed E-state index contributed by atoms with van der Waals surface area (Å²) in [7, 11) is 1.50. The predicted molar refractivity (Wildman–Crippen MR) is 85.7 cm³/mol. The van der Waals surface area contributed by atoms with Gasteiger partial charge in [-0.1, -0.05) is 11.6 Å². The third-order valence-corrected chi connectivity index (χ3v) is 3.44. The molecule has 0 aliphatic heterocycles. The molecule has 0 amide bonds. The molecule has 8 heteroatoms. The topological polar surface area (TPSA) is 95.7 Å². The number of rotatable bonds is 6. The second-order valence-electron chi connectivity index (χ2n) is 4.65. The number of ketones is 1. The summed E-state index contributed by atoms with van der Waals surface area (Å²) in [6.45, 7) is -0.485. The standard InChI is InChI=1S/C16H12ClNO6/c1-23-12-5-2-10(3-6-12)15(19)9-24-16(20)11-4-7-13(17)14(8-11)18(21)22/h2-8H,9H2,1H3.